The van der Waals surface area contributed by atoms with Crippen LogP contribution >= 0.6 is 40.7 Å². The molecule has 1 saturated heterocycles. The Hall–Kier alpha value is -0.610. The maximum atomic E-state index is 12.9. The smallest absolute Gasteiger partial charge is 0.314 e. The second-order valence-corrected chi connectivity index (χ2v) is 5.94. The van der Waals surface area contributed by atoms with Gasteiger partial charge < -0.3 is 5.32 Å². The van der Waals surface area contributed by atoms with Crippen LogP contribution in [0.25, 0.3) is 0 Å². The van der Waals surface area contributed by atoms with Gasteiger partial charge in [-0.3, -0.25) is 15.0 Å². The summed E-state index contributed by atoms with van der Waals surface area (Å²) in [7, 11) is 0. The maximum absolute atomic E-state index is 12.9. The van der Waals surface area contributed by atoms with Gasteiger partial charge in [-0.25, -0.2) is 0 Å². The summed E-state index contributed by atoms with van der Waals surface area (Å²) in [5, 5.41) is 14.1. The fraction of sp³-hybridized carbons (Fsp3) is 0.538. The maximum Gasteiger partial charge on any atom is 0.390 e. The summed E-state index contributed by atoms with van der Waals surface area (Å²) in [5.41, 5.74) is 0.0916. The molecule has 0 radical (unpaired) electrons. The molecule has 1 fully saturated rings. The van der Waals surface area contributed by atoms with E-state index in [2.05, 4.69) is 21.2 Å². The lowest BCUT2D eigenvalue weighted by Gasteiger charge is -2.35. The van der Waals surface area contributed by atoms with Crippen LogP contribution in [0.2, 0.25) is 0 Å². The van der Waals surface area contributed by atoms with E-state index in [4.69, 9.17) is 0 Å². The van der Waals surface area contributed by atoms with E-state index in [0.717, 1.165) is 0 Å². The van der Waals surface area contributed by atoms with Gasteiger partial charge in [0.05, 0.1) is 15.8 Å². The Morgan fingerprint density at radius 3 is 2.38 bits per heavy atom. The molecule has 24 heavy (non-hydrogen) atoms. The number of halogens is 6. The molecule has 1 aliphatic heterocycles. The number of hydrogen-bond donors (Lipinski definition) is 1. The summed E-state index contributed by atoms with van der Waals surface area (Å²) in [5.74, 6) is 0. The Labute approximate surface area is 158 Å². The molecule has 0 bridgehead atoms. The van der Waals surface area contributed by atoms with Gasteiger partial charge >= 0.3 is 6.18 Å². The Bertz CT molecular complexity index is 558. The molecule has 5 nitrogen and oxygen atoms in total. The number of hydrogen-bond acceptors (Lipinski definition) is 4. The second kappa shape index (κ2) is 9.76. The molecule has 138 valence electrons. The fourth-order valence-electron chi connectivity index (χ4n) is 2.55. The molecule has 0 saturated carbocycles. The van der Waals surface area contributed by atoms with E-state index < -0.39 is 23.6 Å². The highest BCUT2D eigenvalue weighted by Gasteiger charge is 2.36. The summed E-state index contributed by atoms with van der Waals surface area (Å²) < 4.78 is 39.0. The number of rotatable bonds is 4. The third-order valence-corrected chi connectivity index (χ3v) is 4.24. The first-order valence-corrected chi connectivity index (χ1v) is 7.52. The van der Waals surface area contributed by atoms with Crippen LogP contribution in [-0.4, -0.2) is 42.2 Å². The first-order valence-electron chi connectivity index (χ1n) is 6.73. The third kappa shape index (κ3) is 6.36. The van der Waals surface area contributed by atoms with Gasteiger partial charge in [-0.05, 0) is 27.6 Å². The molecule has 1 aromatic rings. The zero-order valence-electron chi connectivity index (χ0n) is 12.4. The lowest BCUT2D eigenvalue weighted by molar-refractivity contribution is -0.385. The Morgan fingerprint density at radius 2 is 1.88 bits per heavy atom. The number of benzene rings is 1. The highest BCUT2D eigenvalue weighted by molar-refractivity contribution is 9.10. The molecule has 11 heteroatoms. The number of nitro groups is 1. The number of nitro benzene ring substituents is 1. The highest BCUT2D eigenvalue weighted by Crippen LogP contribution is 2.36. The molecular formula is C13H17BrCl2F3N3O2. The molecule has 0 aromatic heterocycles. The average Bonchev–Trinajstić information content (AvgIpc) is 2.45. The predicted molar refractivity (Wildman–Crippen MR) is 93.1 cm³/mol. The van der Waals surface area contributed by atoms with Gasteiger partial charge in [0, 0.05) is 38.3 Å². The predicted octanol–water partition coefficient (Wildman–Crippen LogP) is 4.10. The van der Waals surface area contributed by atoms with Crippen molar-refractivity contribution in [2.24, 2.45) is 0 Å². The van der Waals surface area contributed by atoms with Gasteiger partial charge in [0.2, 0.25) is 0 Å². The zero-order valence-corrected chi connectivity index (χ0v) is 15.6. The van der Waals surface area contributed by atoms with Crippen molar-refractivity contribution in [2.75, 3.05) is 26.2 Å². The quantitative estimate of drug-likeness (QED) is 0.549. The third-order valence-electron chi connectivity index (χ3n) is 3.57. The molecule has 0 spiro atoms. The first kappa shape index (κ1) is 23.4. The van der Waals surface area contributed by atoms with Crippen molar-refractivity contribution >= 4 is 46.4 Å². The number of piperazine rings is 1. The average molecular weight is 455 g/mol. The topological polar surface area (TPSA) is 58.4 Å². The van der Waals surface area contributed by atoms with Crippen molar-refractivity contribution in [3.05, 3.63) is 38.3 Å². The highest BCUT2D eigenvalue weighted by atomic mass is 79.9. The van der Waals surface area contributed by atoms with Crippen molar-refractivity contribution in [3.8, 4) is 0 Å². The standard InChI is InChI=1S/C13H15BrF3N3O2.2ClH/c14-10-2-1-9(7-11(10)20(21)22)12(8-13(15,16)17)19-5-3-18-4-6-19;;/h1-2,7,12,18H,3-6,8H2;2*1H/t12-;;/m1../s1. The van der Waals surface area contributed by atoms with Crippen LogP contribution in [0.3, 0.4) is 0 Å². The Morgan fingerprint density at radius 1 is 1.29 bits per heavy atom. The molecule has 1 heterocycles. The minimum atomic E-state index is -4.34. The van der Waals surface area contributed by atoms with Gasteiger partial charge in [0.1, 0.15) is 0 Å². The lowest BCUT2D eigenvalue weighted by atomic mass is 10.00. The number of nitrogens with one attached hydrogen (secondary N) is 1. The van der Waals surface area contributed by atoms with Gasteiger partial charge in [0.25, 0.3) is 5.69 Å². The van der Waals surface area contributed by atoms with Crippen LogP contribution in [0, 0.1) is 10.1 Å². The largest absolute Gasteiger partial charge is 0.390 e. The molecule has 2 rings (SSSR count). The van der Waals surface area contributed by atoms with Crippen molar-refractivity contribution < 1.29 is 18.1 Å². The van der Waals surface area contributed by atoms with E-state index in [1.807, 2.05) is 0 Å². The van der Waals surface area contributed by atoms with E-state index >= 15 is 0 Å². The Kier molecular flexibility index (Phi) is 9.52. The molecule has 1 N–H and O–H groups in total. The van der Waals surface area contributed by atoms with Crippen LogP contribution < -0.4 is 5.32 Å². The van der Waals surface area contributed by atoms with Gasteiger partial charge in [-0.2, -0.15) is 13.2 Å². The van der Waals surface area contributed by atoms with Crippen LogP contribution in [0.4, 0.5) is 18.9 Å². The lowest BCUT2D eigenvalue weighted by Crippen LogP contribution is -2.46. The molecular weight excluding hydrogens is 438 g/mol. The van der Waals surface area contributed by atoms with Crippen molar-refractivity contribution in [3.63, 3.8) is 0 Å². The molecule has 0 unspecified atom stereocenters. The summed E-state index contributed by atoms with van der Waals surface area (Å²) in [6, 6.07) is 3.26. The van der Waals surface area contributed by atoms with Crippen molar-refractivity contribution in [1.29, 1.82) is 0 Å². The molecule has 0 amide bonds. The minimum absolute atomic E-state index is 0. The van der Waals surface area contributed by atoms with Crippen LogP contribution in [0.15, 0.2) is 22.7 Å². The van der Waals surface area contributed by atoms with E-state index in [1.54, 1.807) is 4.90 Å². The molecule has 1 atom stereocenters. The van der Waals surface area contributed by atoms with E-state index in [0.29, 0.717) is 31.7 Å². The van der Waals surface area contributed by atoms with E-state index in [-0.39, 0.29) is 35.0 Å². The van der Waals surface area contributed by atoms with Crippen LogP contribution in [0.1, 0.15) is 18.0 Å². The number of alkyl halides is 3. The summed E-state index contributed by atoms with van der Waals surface area (Å²) >= 11 is 3.05. The van der Waals surface area contributed by atoms with Crippen LogP contribution in [0.5, 0.6) is 0 Å². The molecule has 0 aliphatic carbocycles. The van der Waals surface area contributed by atoms with Crippen molar-refractivity contribution in [1.82, 2.24) is 10.2 Å². The minimum Gasteiger partial charge on any atom is -0.314 e. The second-order valence-electron chi connectivity index (χ2n) is 5.09. The zero-order chi connectivity index (χ0) is 16.3. The first-order chi connectivity index (χ1) is 10.3. The summed E-state index contributed by atoms with van der Waals surface area (Å²) in [6.07, 6.45) is -5.36. The SMILES string of the molecule is Cl.Cl.O=[N+]([O-])c1cc([C@@H](CC(F)(F)F)N2CCNCC2)ccc1Br. The van der Waals surface area contributed by atoms with E-state index in [9.17, 15) is 23.3 Å². The van der Waals surface area contributed by atoms with Gasteiger partial charge in [-0.15, -0.1) is 24.8 Å². The van der Waals surface area contributed by atoms with Gasteiger partial charge in [-0.1, -0.05) is 6.07 Å². The van der Waals surface area contributed by atoms with E-state index in [1.165, 1.54) is 18.2 Å². The van der Waals surface area contributed by atoms with Crippen LogP contribution in [-0.2, 0) is 0 Å². The Balaban J connectivity index is 0.00000264. The summed E-state index contributed by atoms with van der Waals surface area (Å²) in [4.78, 5) is 12.1. The normalized spacial score (nSPS) is 16.7. The summed E-state index contributed by atoms with van der Waals surface area (Å²) in [6.45, 7) is 2.16. The fourth-order valence-corrected chi connectivity index (χ4v) is 2.94. The monoisotopic (exact) mass is 453 g/mol. The van der Waals surface area contributed by atoms with Gasteiger partial charge in [0.15, 0.2) is 0 Å². The van der Waals surface area contributed by atoms with Crippen molar-refractivity contribution in [2.45, 2.75) is 18.6 Å². The molecule has 1 aliphatic rings. The number of nitrogens with zero attached hydrogens (tertiary/aromatic N) is 2. The molecule has 1 aromatic carbocycles.